The summed E-state index contributed by atoms with van der Waals surface area (Å²) < 4.78 is 21.7. The van der Waals surface area contributed by atoms with Gasteiger partial charge >= 0.3 is 0 Å². The van der Waals surface area contributed by atoms with E-state index in [1.165, 1.54) is 0 Å². The van der Waals surface area contributed by atoms with Gasteiger partial charge in [-0.3, -0.25) is 4.21 Å². The third-order valence-corrected chi connectivity index (χ3v) is 4.64. The SMILES string of the molecule is C#CC(CCC(CC)NC(C)(CC)CC)S(=O)[O-]. The Bertz CT molecular complexity index is 295. The molecule has 0 radical (unpaired) electrons. The van der Waals surface area contributed by atoms with E-state index in [2.05, 4.69) is 38.9 Å². The van der Waals surface area contributed by atoms with Crippen LogP contribution in [0.1, 0.15) is 59.8 Å². The molecule has 0 aliphatic rings. The van der Waals surface area contributed by atoms with Crippen molar-refractivity contribution in [3.8, 4) is 12.3 Å². The summed E-state index contributed by atoms with van der Waals surface area (Å²) in [5.74, 6) is 2.33. The van der Waals surface area contributed by atoms with Gasteiger partial charge < -0.3 is 9.87 Å². The van der Waals surface area contributed by atoms with E-state index in [4.69, 9.17) is 6.42 Å². The lowest BCUT2D eigenvalue weighted by atomic mass is 9.92. The number of terminal acetylenes is 1. The van der Waals surface area contributed by atoms with Gasteiger partial charge in [-0.1, -0.05) is 26.7 Å². The summed E-state index contributed by atoms with van der Waals surface area (Å²) in [6.07, 6.45) is 9.66. The van der Waals surface area contributed by atoms with Gasteiger partial charge in [0.15, 0.2) is 0 Å². The average Bonchev–Trinajstić information content (AvgIpc) is 2.37. The van der Waals surface area contributed by atoms with Crippen molar-refractivity contribution in [1.29, 1.82) is 0 Å². The number of nitrogens with one attached hydrogen (secondary N) is 1. The minimum absolute atomic E-state index is 0.128. The van der Waals surface area contributed by atoms with E-state index in [0.717, 1.165) is 25.7 Å². The minimum atomic E-state index is -2.16. The van der Waals surface area contributed by atoms with Gasteiger partial charge in [0.05, 0.1) is 5.25 Å². The molecule has 0 heterocycles. The first kappa shape index (κ1) is 17.6. The number of rotatable bonds is 9. The zero-order chi connectivity index (χ0) is 14.2. The van der Waals surface area contributed by atoms with Crippen LogP contribution in [0.5, 0.6) is 0 Å². The molecule has 3 unspecified atom stereocenters. The van der Waals surface area contributed by atoms with E-state index in [1.54, 1.807) is 0 Å². The second-order valence-corrected chi connectivity index (χ2v) is 6.10. The van der Waals surface area contributed by atoms with Crippen molar-refractivity contribution >= 4 is 11.1 Å². The lowest BCUT2D eigenvalue weighted by Gasteiger charge is -2.34. The summed E-state index contributed by atoms with van der Waals surface area (Å²) in [5.41, 5.74) is 0.128. The third kappa shape index (κ3) is 5.99. The van der Waals surface area contributed by atoms with Gasteiger partial charge in [0.25, 0.3) is 0 Å². The van der Waals surface area contributed by atoms with Gasteiger partial charge in [0.2, 0.25) is 0 Å². The molecule has 0 spiro atoms. The first-order valence-electron chi connectivity index (χ1n) is 6.74. The molecule has 0 amide bonds. The van der Waals surface area contributed by atoms with Crippen LogP contribution in [-0.2, 0) is 11.1 Å². The fourth-order valence-electron chi connectivity index (χ4n) is 1.91. The molecule has 3 nitrogen and oxygen atoms in total. The van der Waals surface area contributed by atoms with Crippen LogP contribution in [0, 0.1) is 12.3 Å². The Morgan fingerprint density at radius 3 is 2.22 bits per heavy atom. The van der Waals surface area contributed by atoms with Gasteiger partial charge in [-0.2, -0.15) is 0 Å². The monoisotopic (exact) mass is 272 g/mol. The molecule has 1 N–H and O–H groups in total. The summed E-state index contributed by atoms with van der Waals surface area (Å²) >= 11 is -2.16. The van der Waals surface area contributed by atoms with Gasteiger partial charge in [-0.05, 0) is 50.1 Å². The Morgan fingerprint density at radius 1 is 1.33 bits per heavy atom. The molecule has 0 fully saturated rings. The maximum Gasteiger partial charge on any atom is 0.0822 e. The van der Waals surface area contributed by atoms with Crippen LogP contribution < -0.4 is 5.32 Å². The highest BCUT2D eigenvalue weighted by atomic mass is 32.2. The molecule has 3 atom stereocenters. The standard InChI is InChI=1S/C14H27NO2S/c1-6-12(15-14(5,8-3)9-4)10-11-13(7-2)18(16)17/h2,12-13,15H,6,8-11H2,1,3-5H3,(H,16,17)/p-1. The van der Waals surface area contributed by atoms with Crippen molar-refractivity contribution < 1.29 is 8.76 Å². The van der Waals surface area contributed by atoms with Gasteiger partial charge in [0, 0.05) is 11.6 Å². The molecule has 0 aliphatic carbocycles. The largest absolute Gasteiger partial charge is 0.771 e. The van der Waals surface area contributed by atoms with Crippen molar-refractivity contribution in [2.45, 2.75) is 76.6 Å². The molecule has 0 aromatic rings. The van der Waals surface area contributed by atoms with E-state index in [9.17, 15) is 8.76 Å². The lowest BCUT2D eigenvalue weighted by Crippen LogP contribution is -2.47. The first-order chi connectivity index (χ1) is 8.42. The quantitative estimate of drug-likeness (QED) is 0.518. The fourth-order valence-corrected chi connectivity index (χ4v) is 2.35. The summed E-state index contributed by atoms with van der Waals surface area (Å²) in [5, 5.41) is 2.97. The molecule has 106 valence electrons. The van der Waals surface area contributed by atoms with E-state index in [1.807, 2.05) is 0 Å². The van der Waals surface area contributed by atoms with Crippen molar-refractivity contribution in [2.24, 2.45) is 0 Å². The second kappa shape index (κ2) is 8.68. The normalized spacial score (nSPS) is 16.9. The Balaban J connectivity index is 4.36. The predicted octanol–water partition coefficient (Wildman–Crippen LogP) is 2.59. The topological polar surface area (TPSA) is 52.2 Å². The molecule has 18 heavy (non-hydrogen) atoms. The van der Waals surface area contributed by atoms with Gasteiger partial charge in [-0.25, -0.2) is 0 Å². The molecule has 0 aromatic carbocycles. The smallest absolute Gasteiger partial charge is 0.0822 e. The van der Waals surface area contributed by atoms with Gasteiger partial charge in [0.1, 0.15) is 0 Å². The third-order valence-electron chi connectivity index (χ3n) is 3.80. The molecule has 0 saturated carbocycles. The van der Waals surface area contributed by atoms with Crippen LogP contribution in [-0.4, -0.2) is 25.6 Å². The van der Waals surface area contributed by atoms with E-state index in [0.29, 0.717) is 12.5 Å². The van der Waals surface area contributed by atoms with Crippen LogP contribution in [0.2, 0.25) is 0 Å². The number of hydrogen-bond acceptors (Lipinski definition) is 3. The lowest BCUT2D eigenvalue weighted by molar-refractivity contribution is 0.274. The molecule has 0 bridgehead atoms. The zero-order valence-electron chi connectivity index (χ0n) is 12.0. The Hall–Kier alpha value is -0.370. The zero-order valence-corrected chi connectivity index (χ0v) is 12.8. The Labute approximate surface area is 114 Å². The van der Waals surface area contributed by atoms with Crippen LogP contribution in [0.25, 0.3) is 0 Å². The summed E-state index contributed by atoms with van der Waals surface area (Å²) in [7, 11) is 0. The van der Waals surface area contributed by atoms with Gasteiger partial charge in [-0.15, -0.1) is 6.42 Å². The summed E-state index contributed by atoms with van der Waals surface area (Å²) in [6.45, 7) is 8.66. The molecule has 0 aliphatic heterocycles. The fraction of sp³-hybridized carbons (Fsp3) is 0.857. The van der Waals surface area contributed by atoms with Crippen molar-refractivity contribution in [3.63, 3.8) is 0 Å². The van der Waals surface area contributed by atoms with Crippen molar-refractivity contribution in [1.82, 2.24) is 5.32 Å². The Kier molecular flexibility index (Phi) is 8.51. The predicted molar refractivity (Wildman–Crippen MR) is 77.0 cm³/mol. The van der Waals surface area contributed by atoms with Crippen LogP contribution in [0.15, 0.2) is 0 Å². The molecular weight excluding hydrogens is 246 g/mol. The highest BCUT2D eigenvalue weighted by molar-refractivity contribution is 7.80. The second-order valence-electron chi connectivity index (χ2n) is 5.01. The van der Waals surface area contributed by atoms with Crippen LogP contribution in [0.4, 0.5) is 0 Å². The highest BCUT2D eigenvalue weighted by Crippen LogP contribution is 2.18. The highest BCUT2D eigenvalue weighted by Gasteiger charge is 2.23. The minimum Gasteiger partial charge on any atom is -0.771 e. The van der Waals surface area contributed by atoms with Crippen molar-refractivity contribution in [2.75, 3.05) is 0 Å². The number of hydrogen-bond donors (Lipinski definition) is 1. The van der Waals surface area contributed by atoms with E-state index < -0.39 is 16.3 Å². The molecule has 0 rings (SSSR count). The molecule has 4 heteroatoms. The maximum atomic E-state index is 10.9. The summed E-state index contributed by atoms with van der Waals surface area (Å²) in [6, 6.07) is 0.328. The molecular formula is C14H26NO2S-. The average molecular weight is 272 g/mol. The molecule has 0 aromatic heterocycles. The maximum absolute atomic E-state index is 10.9. The summed E-state index contributed by atoms with van der Waals surface area (Å²) in [4.78, 5) is 0. The Morgan fingerprint density at radius 2 is 1.89 bits per heavy atom. The van der Waals surface area contributed by atoms with Crippen LogP contribution in [0.3, 0.4) is 0 Å². The van der Waals surface area contributed by atoms with E-state index in [-0.39, 0.29) is 5.54 Å². The first-order valence-corrected chi connectivity index (χ1v) is 7.88. The van der Waals surface area contributed by atoms with Crippen LogP contribution >= 0.6 is 0 Å². The van der Waals surface area contributed by atoms with E-state index >= 15 is 0 Å². The molecule has 0 saturated heterocycles. The van der Waals surface area contributed by atoms with Crippen molar-refractivity contribution in [3.05, 3.63) is 0 Å².